The summed E-state index contributed by atoms with van der Waals surface area (Å²) < 4.78 is 5.06. The largest absolute Gasteiger partial charge is 0.465 e. The minimum atomic E-state index is -0.279. The first-order valence-corrected chi connectivity index (χ1v) is 9.09. The van der Waals surface area contributed by atoms with Gasteiger partial charge in [-0.15, -0.1) is 11.3 Å². The zero-order valence-electron chi connectivity index (χ0n) is 14.9. The van der Waals surface area contributed by atoms with Crippen LogP contribution in [0.3, 0.4) is 0 Å². The van der Waals surface area contributed by atoms with Gasteiger partial charge in [0.25, 0.3) is 0 Å². The van der Waals surface area contributed by atoms with E-state index in [1.165, 1.54) is 6.92 Å². The molecule has 3 heterocycles. The van der Waals surface area contributed by atoms with Crippen LogP contribution >= 0.6 is 11.3 Å². The molecule has 0 saturated carbocycles. The van der Waals surface area contributed by atoms with Gasteiger partial charge < -0.3 is 10.1 Å². The second kappa shape index (κ2) is 8.05. The molecular weight excluding hydrogens is 348 g/mol. The first-order valence-electron chi connectivity index (χ1n) is 8.27. The number of nitrogens with zero attached hydrogens (tertiary/aromatic N) is 3. The number of esters is 1. The van der Waals surface area contributed by atoms with Crippen LogP contribution in [0.15, 0.2) is 42.7 Å². The molecule has 0 spiro atoms. The lowest BCUT2D eigenvalue weighted by atomic mass is 10.2. The van der Waals surface area contributed by atoms with E-state index in [1.54, 1.807) is 23.7 Å². The molecular formula is C19H20N4O2S. The number of thiazole rings is 1. The van der Waals surface area contributed by atoms with Crippen molar-refractivity contribution in [2.24, 2.45) is 0 Å². The van der Waals surface area contributed by atoms with Crippen molar-refractivity contribution < 1.29 is 9.53 Å². The maximum atomic E-state index is 11.0. The summed E-state index contributed by atoms with van der Waals surface area (Å²) in [5, 5.41) is 4.14. The van der Waals surface area contributed by atoms with Crippen LogP contribution in [0.4, 0.5) is 11.6 Å². The second-order valence-corrected chi connectivity index (χ2v) is 7.08. The maximum absolute atomic E-state index is 11.0. The molecule has 0 aliphatic carbocycles. The molecule has 0 aliphatic heterocycles. The fraction of sp³-hybridized carbons (Fsp3) is 0.263. The molecule has 7 heteroatoms. The molecule has 0 aliphatic rings. The van der Waals surface area contributed by atoms with Gasteiger partial charge in [0.1, 0.15) is 18.2 Å². The third-order valence-electron chi connectivity index (χ3n) is 3.65. The minimum Gasteiger partial charge on any atom is -0.465 e. The lowest BCUT2D eigenvalue weighted by Gasteiger charge is -2.07. The molecule has 134 valence electrons. The molecule has 26 heavy (non-hydrogen) atoms. The van der Waals surface area contributed by atoms with E-state index in [-0.39, 0.29) is 11.9 Å². The van der Waals surface area contributed by atoms with Crippen LogP contribution < -0.4 is 5.32 Å². The van der Waals surface area contributed by atoms with E-state index in [0.29, 0.717) is 6.61 Å². The van der Waals surface area contributed by atoms with E-state index in [2.05, 4.69) is 20.3 Å². The fourth-order valence-electron chi connectivity index (χ4n) is 2.32. The summed E-state index contributed by atoms with van der Waals surface area (Å²) in [6, 6.07) is 9.71. The molecule has 3 rings (SSSR count). The molecule has 3 aromatic rings. The number of anilines is 2. The zero-order valence-corrected chi connectivity index (χ0v) is 15.7. The molecule has 0 radical (unpaired) electrons. The minimum absolute atomic E-state index is 0.0513. The van der Waals surface area contributed by atoms with Crippen LogP contribution in [-0.2, 0) is 9.53 Å². The summed E-state index contributed by atoms with van der Waals surface area (Å²) in [4.78, 5) is 25.3. The summed E-state index contributed by atoms with van der Waals surface area (Å²) in [7, 11) is 0. The van der Waals surface area contributed by atoms with Crippen molar-refractivity contribution in [1.82, 2.24) is 15.0 Å². The highest BCUT2D eigenvalue weighted by molar-refractivity contribution is 7.15. The molecule has 6 nitrogen and oxygen atoms in total. The van der Waals surface area contributed by atoms with E-state index >= 15 is 0 Å². The predicted octanol–water partition coefficient (Wildman–Crippen LogP) is 4.32. The number of carbonyl (C=O) groups excluding carboxylic acids is 1. The smallest absolute Gasteiger partial charge is 0.302 e. The van der Waals surface area contributed by atoms with Crippen LogP contribution in [0.1, 0.15) is 30.3 Å². The quantitative estimate of drug-likeness (QED) is 0.653. The van der Waals surface area contributed by atoms with Gasteiger partial charge in [-0.25, -0.2) is 15.0 Å². The highest BCUT2D eigenvalue weighted by Crippen LogP contribution is 2.30. The monoisotopic (exact) mass is 368 g/mol. The first kappa shape index (κ1) is 18.0. The normalized spacial score (nSPS) is 11.8. The molecule has 0 amide bonds. The summed E-state index contributed by atoms with van der Waals surface area (Å²) in [5.74, 6) is 1.26. The first-order chi connectivity index (χ1) is 12.5. The summed E-state index contributed by atoms with van der Waals surface area (Å²) in [6.07, 6.45) is 3.57. The number of nitrogens with one attached hydrogen (secondary N) is 1. The van der Waals surface area contributed by atoms with E-state index in [0.717, 1.165) is 32.8 Å². The van der Waals surface area contributed by atoms with E-state index in [4.69, 9.17) is 4.74 Å². The Morgan fingerprint density at radius 3 is 2.88 bits per heavy atom. The summed E-state index contributed by atoms with van der Waals surface area (Å²) >= 11 is 1.55. The Morgan fingerprint density at radius 2 is 2.12 bits per heavy atom. The van der Waals surface area contributed by atoms with Crippen molar-refractivity contribution in [3.63, 3.8) is 0 Å². The van der Waals surface area contributed by atoms with Crippen LogP contribution in [0.25, 0.3) is 10.6 Å². The summed E-state index contributed by atoms with van der Waals surface area (Å²) in [5.41, 5.74) is 1.97. The zero-order chi connectivity index (χ0) is 18.5. The SMILES string of the molecule is CC(=O)OCC(C)c1ncc(-c2cccc(Nc3cc(C)ccn3)n2)s1. The molecule has 0 aromatic carbocycles. The van der Waals surface area contributed by atoms with Gasteiger partial charge in [-0.1, -0.05) is 13.0 Å². The highest BCUT2D eigenvalue weighted by Gasteiger charge is 2.14. The molecule has 0 saturated heterocycles. The van der Waals surface area contributed by atoms with Crippen LogP contribution in [0.2, 0.25) is 0 Å². The number of rotatable bonds is 6. The molecule has 0 fully saturated rings. The van der Waals surface area contributed by atoms with Crippen molar-refractivity contribution in [1.29, 1.82) is 0 Å². The topological polar surface area (TPSA) is 77.0 Å². The molecule has 1 unspecified atom stereocenters. The van der Waals surface area contributed by atoms with E-state index < -0.39 is 0 Å². The fourth-order valence-corrected chi connectivity index (χ4v) is 3.25. The number of pyridine rings is 2. The number of hydrogen-bond acceptors (Lipinski definition) is 7. The maximum Gasteiger partial charge on any atom is 0.302 e. The predicted molar refractivity (Wildman–Crippen MR) is 103 cm³/mol. The van der Waals surface area contributed by atoms with Crippen LogP contribution in [-0.4, -0.2) is 27.5 Å². The lowest BCUT2D eigenvalue weighted by Crippen LogP contribution is -2.07. The summed E-state index contributed by atoms with van der Waals surface area (Å²) in [6.45, 7) is 5.74. The Bertz CT molecular complexity index is 910. The van der Waals surface area contributed by atoms with Crippen LogP contribution in [0.5, 0.6) is 0 Å². The van der Waals surface area contributed by atoms with Gasteiger partial charge in [0.2, 0.25) is 0 Å². The third kappa shape index (κ3) is 4.64. The molecule has 3 aromatic heterocycles. The number of ether oxygens (including phenoxy) is 1. The van der Waals surface area contributed by atoms with Gasteiger partial charge in [0.05, 0.1) is 15.6 Å². The molecule has 1 N–H and O–H groups in total. The average molecular weight is 368 g/mol. The third-order valence-corrected chi connectivity index (χ3v) is 4.91. The molecule has 1 atom stereocenters. The van der Waals surface area contributed by atoms with Crippen molar-refractivity contribution in [3.05, 3.63) is 53.3 Å². The van der Waals surface area contributed by atoms with Crippen molar-refractivity contribution in [2.75, 3.05) is 11.9 Å². The Labute approximate surface area is 156 Å². The second-order valence-electron chi connectivity index (χ2n) is 6.02. The lowest BCUT2D eigenvalue weighted by molar-refractivity contribution is -0.141. The van der Waals surface area contributed by atoms with Gasteiger partial charge in [-0.2, -0.15) is 0 Å². The Balaban J connectivity index is 1.75. The van der Waals surface area contributed by atoms with Gasteiger partial charge in [0, 0.05) is 25.2 Å². The van der Waals surface area contributed by atoms with Gasteiger partial charge in [-0.3, -0.25) is 4.79 Å². The Hall–Kier alpha value is -2.80. The van der Waals surface area contributed by atoms with Gasteiger partial charge >= 0.3 is 5.97 Å². The van der Waals surface area contributed by atoms with Crippen LogP contribution in [0, 0.1) is 6.92 Å². The van der Waals surface area contributed by atoms with E-state index in [9.17, 15) is 4.79 Å². The van der Waals surface area contributed by atoms with E-state index in [1.807, 2.05) is 44.2 Å². The van der Waals surface area contributed by atoms with Gasteiger partial charge in [-0.05, 0) is 36.8 Å². The Kier molecular flexibility index (Phi) is 5.58. The van der Waals surface area contributed by atoms with Crippen molar-refractivity contribution in [3.8, 4) is 10.6 Å². The van der Waals surface area contributed by atoms with Crippen molar-refractivity contribution in [2.45, 2.75) is 26.7 Å². The highest BCUT2D eigenvalue weighted by atomic mass is 32.1. The van der Waals surface area contributed by atoms with Crippen molar-refractivity contribution >= 4 is 28.9 Å². The number of aryl methyl sites for hydroxylation is 1. The van der Waals surface area contributed by atoms with Gasteiger partial charge in [0.15, 0.2) is 0 Å². The number of carbonyl (C=O) groups is 1. The Morgan fingerprint density at radius 1 is 1.27 bits per heavy atom. The molecule has 0 bridgehead atoms. The number of aromatic nitrogens is 3. The standard InChI is InChI=1S/C19H20N4O2S/c1-12-7-8-20-18(9-12)23-17-6-4-5-15(22-17)16-10-21-19(26-16)13(2)11-25-14(3)24/h4-10,13H,11H2,1-3H3,(H,20,22,23). The number of hydrogen-bond donors (Lipinski definition) is 1. The average Bonchev–Trinajstić information content (AvgIpc) is 3.10.